The Hall–Kier alpha value is -2.16. The fourth-order valence-corrected chi connectivity index (χ4v) is 2.40. The van der Waals surface area contributed by atoms with Crippen molar-refractivity contribution in [2.75, 3.05) is 19.6 Å². The summed E-state index contributed by atoms with van der Waals surface area (Å²) in [5.74, 6) is 0.768. The van der Waals surface area contributed by atoms with Gasteiger partial charge in [0.05, 0.1) is 11.8 Å². The third-order valence-corrected chi connectivity index (χ3v) is 3.49. The van der Waals surface area contributed by atoms with Crippen LogP contribution in [0, 0.1) is 11.3 Å². The van der Waals surface area contributed by atoms with Gasteiger partial charge in [-0.3, -0.25) is 4.90 Å². The van der Waals surface area contributed by atoms with Gasteiger partial charge in [0.2, 0.25) is 0 Å². The molecule has 0 aliphatic carbocycles. The van der Waals surface area contributed by atoms with Crippen molar-refractivity contribution >= 4 is 0 Å². The van der Waals surface area contributed by atoms with E-state index in [-0.39, 0.29) is 6.04 Å². The zero-order chi connectivity index (χ0) is 13.8. The Kier molecular flexibility index (Phi) is 3.77. The maximum absolute atomic E-state index is 9.15. The van der Waals surface area contributed by atoms with Gasteiger partial charge >= 0.3 is 0 Å². The van der Waals surface area contributed by atoms with Crippen LogP contribution in [0.4, 0.5) is 0 Å². The van der Waals surface area contributed by atoms with Gasteiger partial charge in [-0.15, -0.1) is 0 Å². The zero-order valence-electron chi connectivity index (χ0n) is 11.1. The second kappa shape index (κ2) is 5.87. The van der Waals surface area contributed by atoms with Crippen LogP contribution in [0.15, 0.2) is 40.9 Å². The fraction of sp³-hybridized carbons (Fsp3) is 0.333. The van der Waals surface area contributed by atoms with Gasteiger partial charge in [0.1, 0.15) is 6.04 Å². The summed E-state index contributed by atoms with van der Waals surface area (Å²) in [4.78, 5) is 2.13. The molecule has 5 nitrogen and oxygen atoms in total. The summed E-state index contributed by atoms with van der Waals surface area (Å²) in [6, 6.07) is 14.1. The van der Waals surface area contributed by atoms with Crippen molar-refractivity contribution in [3.05, 3.63) is 42.1 Å². The zero-order valence-corrected chi connectivity index (χ0v) is 11.1. The lowest BCUT2D eigenvalue weighted by Gasteiger charge is -2.30. The maximum atomic E-state index is 9.15. The molecular weight excluding hydrogens is 252 g/mol. The van der Waals surface area contributed by atoms with E-state index in [1.807, 2.05) is 36.4 Å². The number of benzene rings is 1. The largest absolute Gasteiger partial charge is 0.356 e. The lowest BCUT2D eigenvalue weighted by atomic mass is 10.1. The molecule has 1 aromatic heterocycles. The minimum Gasteiger partial charge on any atom is -0.356 e. The molecule has 3 rings (SSSR count). The predicted octanol–water partition coefficient (Wildman–Crippen LogP) is 1.64. The molecule has 1 N–H and O–H groups in total. The van der Waals surface area contributed by atoms with E-state index in [2.05, 4.69) is 21.4 Å². The van der Waals surface area contributed by atoms with Crippen LogP contribution < -0.4 is 5.32 Å². The van der Waals surface area contributed by atoms with E-state index in [1.165, 1.54) is 0 Å². The van der Waals surface area contributed by atoms with Crippen molar-refractivity contribution in [1.29, 1.82) is 5.26 Å². The minimum atomic E-state index is -0.0966. The molecule has 102 valence electrons. The summed E-state index contributed by atoms with van der Waals surface area (Å²) in [6.45, 7) is 3.11. The molecule has 2 heterocycles. The molecule has 2 aromatic rings. The number of hydrogen-bond donors (Lipinski definition) is 1. The first-order valence-corrected chi connectivity index (χ1v) is 6.72. The molecule has 0 radical (unpaired) electrons. The molecule has 0 spiro atoms. The molecule has 1 aliphatic heterocycles. The van der Waals surface area contributed by atoms with Crippen LogP contribution in [-0.4, -0.2) is 35.7 Å². The number of rotatable bonds is 3. The first-order valence-electron chi connectivity index (χ1n) is 6.72. The number of nitrogens with one attached hydrogen (secondary N) is 1. The highest BCUT2D eigenvalue weighted by Crippen LogP contribution is 2.20. The van der Waals surface area contributed by atoms with E-state index < -0.39 is 0 Å². The lowest BCUT2D eigenvalue weighted by molar-refractivity contribution is 0.184. The van der Waals surface area contributed by atoms with Gasteiger partial charge in [-0.2, -0.15) is 5.26 Å². The molecule has 1 aromatic carbocycles. The summed E-state index contributed by atoms with van der Waals surface area (Å²) in [6.07, 6.45) is 0. The Balaban J connectivity index is 1.73. The highest BCUT2D eigenvalue weighted by atomic mass is 16.5. The third-order valence-electron chi connectivity index (χ3n) is 3.49. The number of piperazine rings is 1. The third kappa shape index (κ3) is 2.72. The molecular formula is C15H16N4O. The number of aromatic nitrogens is 1. The van der Waals surface area contributed by atoms with Crippen molar-refractivity contribution < 1.29 is 4.52 Å². The highest BCUT2D eigenvalue weighted by Gasteiger charge is 2.22. The van der Waals surface area contributed by atoms with E-state index in [0.717, 1.165) is 30.1 Å². The van der Waals surface area contributed by atoms with E-state index >= 15 is 0 Å². The van der Waals surface area contributed by atoms with Crippen molar-refractivity contribution in [3.8, 4) is 17.4 Å². The van der Waals surface area contributed by atoms with Gasteiger partial charge in [0.15, 0.2) is 5.76 Å². The van der Waals surface area contributed by atoms with Gasteiger partial charge < -0.3 is 9.84 Å². The van der Waals surface area contributed by atoms with Crippen LogP contribution in [0.5, 0.6) is 0 Å². The monoisotopic (exact) mass is 268 g/mol. The van der Waals surface area contributed by atoms with Gasteiger partial charge in [-0.05, 0) is 0 Å². The second-order valence-corrected chi connectivity index (χ2v) is 4.87. The molecule has 5 heteroatoms. The van der Waals surface area contributed by atoms with Crippen molar-refractivity contribution in [2.24, 2.45) is 0 Å². The minimum absolute atomic E-state index is 0.0966. The molecule has 0 amide bonds. The SMILES string of the molecule is N#CC1CNCCN1Cc1cc(-c2ccccc2)on1. The molecule has 0 saturated carbocycles. The van der Waals surface area contributed by atoms with Crippen LogP contribution in [0.2, 0.25) is 0 Å². The molecule has 1 aliphatic rings. The highest BCUT2D eigenvalue weighted by molar-refractivity contribution is 5.56. The van der Waals surface area contributed by atoms with E-state index in [9.17, 15) is 0 Å². The van der Waals surface area contributed by atoms with Crippen LogP contribution in [0.3, 0.4) is 0 Å². The molecule has 1 unspecified atom stereocenters. The van der Waals surface area contributed by atoms with E-state index in [4.69, 9.17) is 9.78 Å². The summed E-state index contributed by atoms with van der Waals surface area (Å²) in [5.41, 5.74) is 1.88. The summed E-state index contributed by atoms with van der Waals surface area (Å²) in [7, 11) is 0. The normalized spacial score (nSPS) is 19.6. The molecule has 20 heavy (non-hydrogen) atoms. The summed E-state index contributed by atoms with van der Waals surface area (Å²) in [5, 5.41) is 16.5. The van der Waals surface area contributed by atoms with Crippen molar-refractivity contribution in [3.63, 3.8) is 0 Å². The van der Waals surface area contributed by atoms with Crippen LogP contribution in [0.25, 0.3) is 11.3 Å². The average molecular weight is 268 g/mol. The Labute approximate surface area is 117 Å². The lowest BCUT2D eigenvalue weighted by Crippen LogP contribution is -2.50. The summed E-state index contributed by atoms with van der Waals surface area (Å²) < 4.78 is 5.39. The molecule has 1 atom stereocenters. The molecule has 1 saturated heterocycles. The quantitative estimate of drug-likeness (QED) is 0.916. The first-order chi connectivity index (χ1) is 9.86. The van der Waals surface area contributed by atoms with Crippen molar-refractivity contribution in [1.82, 2.24) is 15.4 Å². The second-order valence-electron chi connectivity index (χ2n) is 4.87. The standard InChI is InChI=1S/C15H16N4O/c16-9-14-10-17-6-7-19(14)11-13-8-15(20-18-13)12-4-2-1-3-5-12/h1-5,8,14,17H,6-7,10-11H2. The van der Waals surface area contributed by atoms with E-state index in [0.29, 0.717) is 13.1 Å². The van der Waals surface area contributed by atoms with Crippen LogP contribution in [0.1, 0.15) is 5.69 Å². The first kappa shape index (κ1) is 12.9. The van der Waals surface area contributed by atoms with Gasteiger partial charge in [0, 0.05) is 37.8 Å². The maximum Gasteiger partial charge on any atom is 0.167 e. The van der Waals surface area contributed by atoms with Crippen LogP contribution >= 0.6 is 0 Å². The number of nitriles is 1. The number of nitrogens with zero attached hydrogens (tertiary/aromatic N) is 3. The Morgan fingerprint density at radius 3 is 3.05 bits per heavy atom. The Morgan fingerprint density at radius 2 is 2.25 bits per heavy atom. The predicted molar refractivity (Wildman–Crippen MR) is 74.6 cm³/mol. The molecule has 1 fully saturated rings. The fourth-order valence-electron chi connectivity index (χ4n) is 2.40. The Morgan fingerprint density at radius 1 is 1.40 bits per heavy atom. The topological polar surface area (TPSA) is 65.1 Å². The van der Waals surface area contributed by atoms with Gasteiger partial charge in [-0.1, -0.05) is 35.5 Å². The van der Waals surface area contributed by atoms with Crippen molar-refractivity contribution in [2.45, 2.75) is 12.6 Å². The van der Waals surface area contributed by atoms with E-state index in [1.54, 1.807) is 0 Å². The van der Waals surface area contributed by atoms with Crippen LogP contribution in [-0.2, 0) is 6.54 Å². The smallest absolute Gasteiger partial charge is 0.167 e. The summed E-state index contributed by atoms with van der Waals surface area (Å²) >= 11 is 0. The average Bonchev–Trinajstić information content (AvgIpc) is 2.97. The van der Waals surface area contributed by atoms with Gasteiger partial charge in [-0.25, -0.2) is 0 Å². The van der Waals surface area contributed by atoms with Gasteiger partial charge in [0.25, 0.3) is 0 Å². The molecule has 0 bridgehead atoms. The Bertz CT molecular complexity index is 602. The number of hydrogen-bond acceptors (Lipinski definition) is 5.